The van der Waals surface area contributed by atoms with Gasteiger partial charge < -0.3 is 5.32 Å². The van der Waals surface area contributed by atoms with Crippen molar-refractivity contribution in [1.29, 1.82) is 0 Å². The number of rotatable bonds is 7. The van der Waals surface area contributed by atoms with Crippen LogP contribution in [0.15, 0.2) is 79.3 Å². The Labute approximate surface area is 228 Å². The van der Waals surface area contributed by atoms with Crippen molar-refractivity contribution in [3.63, 3.8) is 0 Å². The lowest BCUT2D eigenvalue weighted by atomic mass is 10.0. The molecule has 198 valence electrons. The highest BCUT2D eigenvalue weighted by Gasteiger charge is 2.32. The number of aromatic nitrogens is 6. The summed E-state index contributed by atoms with van der Waals surface area (Å²) in [6.45, 7) is -0.000309. The van der Waals surface area contributed by atoms with E-state index in [0.29, 0.717) is 28.5 Å². The number of anilines is 2. The summed E-state index contributed by atoms with van der Waals surface area (Å²) in [5, 5.41) is 23.4. The number of hydrogen-bond donors (Lipinski definition) is 1. The maximum absolute atomic E-state index is 13.6. The first-order chi connectivity index (χ1) is 19.0. The molecule has 6 rings (SSSR count). The zero-order valence-corrected chi connectivity index (χ0v) is 21.6. The van der Waals surface area contributed by atoms with Crippen molar-refractivity contribution in [3.05, 3.63) is 89.8 Å². The van der Waals surface area contributed by atoms with Gasteiger partial charge in [-0.15, -0.1) is 10.2 Å². The zero-order valence-electron chi connectivity index (χ0n) is 20.9. The van der Waals surface area contributed by atoms with Crippen LogP contribution in [0.2, 0.25) is 5.02 Å². The van der Waals surface area contributed by atoms with Gasteiger partial charge in [0.15, 0.2) is 13.5 Å². The number of hydroxylamine groups is 3. The molecule has 1 amide bonds. The number of nitrogens with one attached hydrogen (secondary N) is 1. The van der Waals surface area contributed by atoms with Gasteiger partial charge in [-0.05, 0) is 58.8 Å². The van der Waals surface area contributed by atoms with E-state index < -0.39 is 6.04 Å². The van der Waals surface area contributed by atoms with Crippen molar-refractivity contribution in [2.24, 2.45) is 7.05 Å². The molecule has 0 saturated carbocycles. The normalized spacial score (nSPS) is 15.0. The largest absolute Gasteiger partial charge is 0.325 e. The van der Waals surface area contributed by atoms with E-state index in [2.05, 4.69) is 25.9 Å². The molecule has 1 N–H and O–H groups in total. The van der Waals surface area contributed by atoms with E-state index >= 15 is 0 Å². The summed E-state index contributed by atoms with van der Waals surface area (Å²) < 4.78 is 3.25. The predicted molar refractivity (Wildman–Crippen MR) is 144 cm³/mol. The molecule has 2 aromatic heterocycles. The predicted octanol–water partition coefficient (Wildman–Crippen LogP) is 3.35. The first-order valence-corrected chi connectivity index (χ1v) is 12.5. The average Bonchev–Trinajstić information content (AvgIpc) is 3.61. The van der Waals surface area contributed by atoms with E-state index in [-0.39, 0.29) is 19.4 Å². The molecule has 5 aromatic rings. The van der Waals surface area contributed by atoms with Gasteiger partial charge >= 0.3 is 0 Å². The second kappa shape index (κ2) is 10.8. The molecule has 0 bridgehead atoms. The van der Waals surface area contributed by atoms with Crippen LogP contribution < -0.4 is 10.4 Å². The van der Waals surface area contributed by atoms with Gasteiger partial charge in [-0.25, -0.2) is 5.06 Å². The van der Waals surface area contributed by atoms with E-state index in [1.54, 1.807) is 33.0 Å². The number of benzene rings is 3. The number of amides is 1. The van der Waals surface area contributed by atoms with Gasteiger partial charge in [0.2, 0.25) is 5.91 Å². The van der Waals surface area contributed by atoms with Crippen LogP contribution in [0.25, 0.3) is 16.6 Å². The van der Waals surface area contributed by atoms with Crippen LogP contribution in [0.3, 0.4) is 0 Å². The van der Waals surface area contributed by atoms with E-state index in [1.165, 1.54) is 11.0 Å². The SMILES string of the molecule is Cn1cc2ccc(NC(=O)C(Cc3ccccc3)N3CON(c4cc(Cl)ccc4-n4cnnn4)CO3)cc2n1. The van der Waals surface area contributed by atoms with Gasteiger partial charge in [0.1, 0.15) is 12.4 Å². The van der Waals surface area contributed by atoms with Gasteiger partial charge in [-0.2, -0.15) is 9.78 Å². The summed E-state index contributed by atoms with van der Waals surface area (Å²) >= 11 is 6.27. The molecule has 1 fully saturated rings. The number of carbonyl (C=O) groups is 1. The fourth-order valence-corrected chi connectivity index (χ4v) is 4.58. The lowest BCUT2D eigenvalue weighted by Crippen LogP contribution is -2.52. The second-order valence-electron chi connectivity index (χ2n) is 8.97. The van der Waals surface area contributed by atoms with Crippen molar-refractivity contribution in [3.8, 4) is 5.69 Å². The maximum atomic E-state index is 13.6. The smallest absolute Gasteiger partial charge is 0.244 e. The summed E-state index contributed by atoms with van der Waals surface area (Å²) in [4.78, 5) is 25.7. The summed E-state index contributed by atoms with van der Waals surface area (Å²) in [6, 6.07) is 20.0. The van der Waals surface area contributed by atoms with Crippen molar-refractivity contribution >= 4 is 39.8 Å². The highest BCUT2D eigenvalue weighted by molar-refractivity contribution is 6.31. The summed E-state index contributed by atoms with van der Waals surface area (Å²) in [7, 11) is 1.86. The van der Waals surface area contributed by atoms with Crippen molar-refractivity contribution in [1.82, 2.24) is 35.1 Å². The highest BCUT2D eigenvalue weighted by atomic mass is 35.5. The number of fused-ring (bicyclic) bond motifs is 1. The van der Waals surface area contributed by atoms with Gasteiger partial charge in [0.05, 0.1) is 16.9 Å². The molecule has 0 radical (unpaired) electrons. The molecule has 0 spiro atoms. The quantitative estimate of drug-likeness (QED) is 0.328. The number of halogens is 1. The van der Waals surface area contributed by atoms with Crippen LogP contribution >= 0.6 is 11.6 Å². The Morgan fingerprint density at radius 1 is 1.05 bits per heavy atom. The van der Waals surface area contributed by atoms with Crippen LogP contribution in [0.5, 0.6) is 0 Å². The van der Waals surface area contributed by atoms with E-state index in [0.717, 1.165) is 16.5 Å². The highest BCUT2D eigenvalue weighted by Crippen LogP contribution is 2.30. The first-order valence-electron chi connectivity index (χ1n) is 12.1. The maximum Gasteiger partial charge on any atom is 0.244 e. The third-order valence-electron chi connectivity index (χ3n) is 6.30. The topological polar surface area (TPSA) is 115 Å². The molecule has 12 nitrogen and oxygen atoms in total. The fourth-order valence-electron chi connectivity index (χ4n) is 4.41. The molecule has 0 aliphatic carbocycles. The van der Waals surface area contributed by atoms with Gasteiger partial charge in [-0.1, -0.05) is 41.9 Å². The Kier molecular flexibility index (Phi) is 6.90. The minimum Gasteiger partial charge on any atom is -0.325 e. The Balaban J connectivity index is 1.21. The molecule has 1 saturated heterocycles. The average molecular weight is 546 g/mol. The molecule has 3 heterocycles. The minimum absolute atomic E-state index is 0.00787. The number of tetrazole rings is 1. The molecule has 39 heavy (non-hydrogen) atoms. The van der Waals surface area contributed by atoms with Gasteiger partial charge in [0, 0.05) is 29.3 Å². The number of carbonyl (C=O) groups excluding carboxylic acids is 1. The van der Waals surface area contributed by atoms with Crippen molar-refractivity contribution in [2.45, 2.75) is 12.5 Å². The van der Waals surface area contributed by atoms with Gasteiger partial charge in [-0.3, -0.25) is 19.2 Å². The Morgan fingerprint density at radius 2 is 1.92 bits per heavy atom. The third kappa shape index (κ3) is 5.45. The van der Waals surface area contributed by atoms with Crippen LogP contribution in [0.1, 0.15) is 5.56 Å². The molecule has 13 heteroatoms. The van der Waals surface area contributed by atoms with E-state index in [1.807, 2.05) is 61.8 Å². The van der Waals surface area contributed by atoms with Crippen molar-refractivity contribution < 1.29 is 14.5 Å². The first kappa shape index (κ1) is 24.9. The summed E-state index contributed by atoms with van der Waals surface area (Å²) in [5.41, 5.74) is 3.70. The van der Waals surface area contributed by atoms with Crippen LogP contribution in [-0.4, -0.2) is 60.5 Å². The molecule has 1 unspecified atom stereocenters. The Hall–Kier alpha value is -4.36. The third-order valence-corrected chi connectivity index (χ3v) is 6.53. The molecule has 1 aliphatic rings. The minimum atomic E-state index is -0.674. The standard InChI is InChI=1S/C26H24ClN9O3/c1-33-14-19-7-9-21(13-22(19)30-33)29-26(37)25(11-18-5-3-2-4-6-18)36-17-38-35(16-39-36)24-12-20(27)8-10-23(24)34-15-28-31-32-34/h2-10,12-15,25H,11,16-17H2,1H3,(H,29,37). The molecular formula is C26H24ClN9O3. The Morgan fingerprint density at radius 3 is 2.69 bits per heavy atom. The lowest BCUT2D eigenvalue weighted by Gasteiger charge is -2.38. The van der Waals surface area contributed by atoms with E-state index in [4.69, 9.17) is 21.3 Å². The van der Waals surface area contributed by atoms with Gasteiger partial charge in [0.25, 0.3) is 0 Å². The van der Waals surface area contributed by atoms with Crippen LogP contribution in [0.4, 0.5) is 11.4 Å². The number of aryl methyl sites for hydroxylation is 1. The summed E-state index contributed by atoms with van der Waals surface area (Å²) in [6.07, 6.45) is 3.82. The molecular weight excluding hydrogens is 522 g/mol. The summed E-state index contributed by atoms with van der Waals surface area (Å²) in [5.74, 6) is -0.233. The van der Waals surface area contributed by atoms with Crippen molar-refractivity contribution in [2.75, 3.05) is 23.8 Å². The number of hydrogen-bond acceptors (Lipinski definition) is 9. The lowest BCUT2D eigenvalue weighted by molar-refractivity contribution is -0.279. The number of nitrogens with zero attached hydrogens (tertiary/aromatic N) is 8. The second-order valence-corrected chi connectivity index (χ2v) is 9.41. The molecule has 1 aliphatic heterocycles. The monoisotopic (exact) mass is 545 g/mol. The van der Waals surface area contributed by atoms with Crippen LogP contribution in [0, 0.1) is 0 Å². The Bertz CT molecular complexity index is 1590. The molecule has 1 atom stereocenters. The molecule has 3 aromatic carbocycles. The van der Waals surface area contributed by atoms with Crippen LogP contribution in [-0.2, 0) is 27.9 Å². The zero-order chi connectivity index (χ0) is 26.8. The van der Waals surface area contributed by atoms with E-state index in [9.17, 15) is 4.79 Å². The fraction of sp³-hybridized carbons (Fsp3) is 0.192.